The number of nitrogens with one attached hydrogen (secondary N) is 2. The van der Waals surface area contributed by atoms with Crippen LogP contribution in [0.15, 0.2) is 18.2 Å². The van der Waals surface area contributed by atoms with Crippen molar-refractivity contribution < 1.29 is 22.7 Å². The number of rotatable bonds is 7. The molecule has 0 fully saturated rings. The van der Waals surface area contributed by atoms with Crippen LogP contribution in [0.1, 0.15) is 22.7 Å². The number of carbonyl (C=O) groups excluding carboxylic acids is 1. The Balaban J connectivity index is 2.13. The molecule has 1 aromatic heterocycles. The van der Waals surface area contributed by atoms with Gasteiger partial charge in [-0.3, -0.25) is 4.79 Å². The highest BCUT2D eigenvalue weighted by Crippen LogP contribution is 2.20. The van der Waals surface area contributed by atoms with Gasteiger partial charge in [-0.05, 0) is 25.5 Å². The second-order valence-electron chi connectivity index (χ2n) is 5.14. The fourth-order valence-corrected chi connectivity index (χ4v) is 2.02. The molecule has 1 aromatic carbocycles. The first-order chi connectivity index (χ1) is 11.9. The molecule has 0 aliphatic rings. The van der Waals surface area contributed by atoms with Gasteiger partial charge in [-0.15, -0.1) is 0 Å². The highest BCUT2D eigenvalue weighted by molar-refractivity contribution is 6.03. The molecule has 9 heteroatoms. The van der Waals surface area contributed by atoms with Crippen molar-refractivity contribution in [2.45, 2.75) is 13.3 Å². The van der Waals surface area contributed by atoms with Crippen LogP contribution in [-0.4, -0.2) is 36.1 Å². The first kappa shape index (κ1) is 18.7. The molecule has 2 aromatic rings. The van der Waals surface area contributed by atoms with E-state index in [1.165, 1.54) is 6.07 Å². The molecule has 1 amide bonds. The predicted octanol–water partition coefficient (Wildman–Crippen LogP) is 2.90. The first-order valence-electron chi connectivity index (χ1n) is 7.45. The monoisotopic (exact) mass is 354 g/mol. The summed E-state index contributed by atoms with van der Waals surface area (Å²) in [6, 6.07) is 3.04. The molecule has 0 atom stereocenters. The fourth-order valence-electron chi connectivity index (χ4n) is 2.02. The summed E-state index contributed by atoms with van der Waals surface area (Å²) in [4.78, 5) is 20.3. The Labute approximate surface area is 142 Å². The van der Waals surface area contributed by atoms with Crippen molar-refractivity contribution in [2.75, 3.05) is 30.9 Å². The van der Waals surface area contributed by atoms with E-state index in [0.717, 1.165) is 18.6 Å². The van der Waals surface area contributed by atoms with Crippen LogP contribution in [0.25, 0.3) is 0 Å². The van der Waals surface area contributed by atoms with Crippen LogP contribution in [0.5, 0.6) is 0 Å². The van der Waals surface area contributed by atoms with Crippen LogP contribution < -0.4 is 10.6 Å². The van der Waals surface area contributed by atoms with Crippen molar-refractivity contribution in [1.29, 1.82) is 0 Å². The number of ether oxygens (including phenoxy) is 1. The van der Waals surface area contributed by atoms with Crippen LogP contribution in [0.4, 0.5) is 24.7 Å². The lowest BCUT2D eigenvalue weighted by Gasteiger charge is -2.10. The summed E-state index contributed by atoms with van der Waals surface area (Å²) in [5.74, 6) is -4.49. The van der Waals surface area contributed by atoms with Crippen molar-refractivity contribution in [1.82, 2.24) is 9.97 Å². The van der Waals surface area contributed by atoms with Gasteiger partial charge in [0.25, 0.3) is 5.91 Å². The maximum atomic E-state index is 13.6. The molecule has 0 bridgehead atoms. The largest absolute Gasteiger partial charge is 0.385 e. The number of hydrogen-bond acceptors (Lipinski definition) is 5. The molecule has 0 saturated carbocycles. The summed E-state index contributed by atoms with van der Waals surface area (Å²) < 4.78 is 44.7. The molecule has 25 heavy (non-hydrogen) atoms. The van der Waals surface area contributed by atoms with Gasteiger partial charge in [-0.25, -0.2) is 23.1 Å². The SMILES string of the molecule is COCCCNc1cc(C(=O)Nc2ccc(F)c(F)c2F)nc(C)n1. The minimum absolute atomic E-state index is 0.0362. The Morgan fingerprint density at radius 2 is 1.96 bits per heavy atom. The maximum absolute atomic E-state index is 13.6. The number of carbonyl (C=O) groups is 1. The molecular weight excluding hydrogens is 337 g/mol. The molecule has 0 radical (unpaired) electrons. The molecule has 0 aliphatic carbocycles. The number of nitrogens with zero attached hydrogens (tertiary/aromatic N) is 2. The van der Waals surface area contributed by atoms with E-state index in [1.807, 2.05) is 0 Å². The van der Waals surface area contributed by atoms with Crippen molar-refractivity contribution in [3.05, 3.63) is 47.2 Å². The van der Waals surface area contributed by atoms with E-state index in [-0.39, 0.29) is 5.69 Å². The summed E-state index contributed by atoms with van der Waals surface area (Å²) in [5.41, 5.74) is -0.513. The van der Waals surface area contributed by atoms with Gasteiger partial charge < -0.3 is 15.4 Å². The number of aryl methyl sites for hydroxylation is 1. The number of methoxy groups -OCH3 is 1. The normalized spacial score (nSPS) is 10.6. The Morgan fingerprint density at radius 1 is 1.20 bits per heavy atom. The average molecular weight is 354 g/mol. The molecule has 0 unspecified atom stereocenters. The van der Waals surface area contributed by atoms with Gasteiger partial charge >= 0.3 is 0 Å². The Morgan fingerprint density at radius 3 is 2.68 bits per heavy atom. The number of anilines is 2. The molecule has 0 aliphatic heterocycles. The third-order valence-electron chi connectivity index (χ3n) is 3.19. The highest BCUT2D eigenvalue weighted by atomic mass is 19.2. The zero-order valence-electron chi connectivity index (χ0n) is 13.7. The van der Waals surface area contributed by atoms with E-state index in [2.05, 4.69) is 20.6 Å². The van der Waals surface area contributed by atoms with Crippen molar-refractivity contribution in [3.63, 3.8) is 0 Å². The molecular formula is C16H17F3N4O2. The average Bonchev–Trinajstić information content (AvgIpc) is 2.58. The lowest BCUT2D eigenvalue weighted by molar-refractivity contribution is 0.102. The lowest BCUT2D eigenvalue weighted by Crippen LogP contribution is -2.17. The van der Waals surface area contributed by atoms with Crippen molar-refractivity contribution in [3.8, 4) is 0 Å². The number of halogens is 3. The molecule has 0 spiro atoms. The van der Waals surface area contributed by atoms with Gasteiger partial charge in [0.1, 0.15) is 17.3 Å². The Bertz CT molecular complexity index is 771. The fraction of sp³-hybridized carbons (Fsp3) is 0.312. The number of amides is 1. The predicted molar refractivity (Wildman–Crippen MR) is 86.0 cm³/mol. The molecule has 2 N–H and O–H groups in total. The van der Waals surface area contributed by atoms with Crippen LogP contribution in [0, 0.1) is 24.4 Å². The summed E-state index contributed by atoms with van der Waals surface area (Å²) in [6.07, 6.45) is 0.737. The zero-order chi connectivity index (χ0) is 18.4. The molecule has 1 heterocycles. The summed E-state index contributed by atoms with van der Waals surface area (Å²) in [7, 11) is 1.59. The first-order valence-corrected chi connectivity index (χ1v) is 7.45. The van der Waals surface area contributed by atoms with Crippen LogP contribution in [-0.2, 0) is 4.74 Å². The minimum Gasteiger partial charge on any atom is -0.385 e. The Kier molecular flexibility index (Phi) is 6.29. The smallest absolute Gasteiger partial charge is 0.274 e. The second-order valence-corrected chi connectivity index (χ2v) is 5.14. The molecule has 6 nitrogen and oxygen atoms in total. The quantitative estimate of drug-likeness (QED) is 0.591. The van der Waals surface area contributed by atoms with Crippen LogP contribution in [0.2, 0.25) is 0 Å². The number of benzene rings is 1. The van der Waals surface area contributed by atoms with Gasteiger partial charge in [0.15, 0.2) is 17.5 Å². The zero-order valence-corrected chi connectivity index (χ0v) is 13.7. The van der Waals surface area contributed by atoms with Gasteiger partial charge in [0.2, 0.25) is 0 Å². The van der Waals surface area contributed by atoms with E-state index in [9.17, 15) is 18.0 Å². The van der Waals surface area contributed by atoms with E-state index in [0.29, 0.717) is 24.8 Å². The summed E-state index contributed by atoms with van der Waals surface area (Å²) >= 11 is 0. The van der Waals surface area contributed by atoms with E-state index >= 15 is 0 Å². The van der Waals surface area contributed by atoms with Crippen molar-refractivity contribution in [2.24, 2.45) is 0 Å². The Hall–Kier alpha value is -2.68. The summed E-state index contributed by atoms with van der Waals surface area (Å²) in [5, 5.41) is 5.18. The second kappa shape index (κ2) is 8.43. The van der Waals surface area contributed by atoms with Gasteiger partial charge in [0.05, 0.1) is 5.69 Å². The molecule has 134 valence electrons. The summed E-state index contributed by atoms with van der Waals surface area (Å²) in [6.45, 7) is 2.73. The van der Waals surface area contributed by atoms with Gasteiger partial charge in [-0.1, -0.05) is 0 Å². The minimum atomic E-state index is -1.66. The third kappa shape index (κ3) is 4.90. The number of hydrogen-bond donors (Lipinski definition) is 2. The molecule has 0 saturated heterocycles. The van der Waals surface area contributed by atoms with E-state index in [1.54, 1.807) is 14.0 Å². The van der Waals surface area contributed by atoms with E-state index in [4.69, 9.17) is 4.74 Å². The highest BCUT2D eigenvalue weighted by Gasteiger charge is 2.17. The van der Waals surface area contributed by atoms with Crippen LogP contribution >= 0.6 is 0 Å². The lowest BCUT2D eigenvalue weighted by atomic mass is 10.2. The van der Waals surface area contributed by atoms with Gasteiger partial charge in [-0.2, -0.15) is 0 Å². The standard InChI is InChI=1S/C16H17F3N4O2/c1-9-21-12(8-13(22-9)20-6-3-7-25-2)16(24)23-11-5-4-10(17)14(18)15(11)19/h4-5,8H,3,6-7H2,1-2H3,(H,23,24)(H,20,21,22). The topological polar surface area (TPSA) is 76.1 Å². The van der Waals surface area contributed by atoms with E-state index < -0.39 is 29.0 Å². The molecule has 2 rings (SSSR count). The maximum Gasteiger partial charge on any atom is 0.274 e. The van der Waals surface area contributed by atoms with Crippen molar-refractivity contribution >= 4 is 17.4 Å². The third-order valence-corrected chi connectivity index (χ3v) is 3.19. The van der Waals surface area contributed by atoms with Gasteiger partial charge in [0, 0.05) is 26.3 Å². The van der Waals surface area contributed by atoms with Crippen LogP contribution in [0.3, 0.4) is 0 Å². The number of aromatic nitrogens is 2.